The molecule has 1 saturated carbocycles. The van der Waals surface area contributed by atoms with Crippen molar-refractivity contribution in [2.24, 2.45) is 5.41 Å². The van der Waals surface area contributed by atoms with Gasteiger partial charge in [0.15, 0.2) is 11.5 Å². The molecule has 0 radical (unpaired) electrons. The van der Waals surface area contributed by atoms with Crippen molar-refractivity contribution in [1.29, 1.82) is 5.26 Å². The average Bonchev–Trinajstić information content (AvgIpc) is 3.03. The van der Waals surface area contributed by atoms with E-state index in [-0.39, 0.29) is 12.7 Å². The van der Waals surface area contributed by atoms with Crippen LogP contribution in [0.25, 0.3) is 0 Å². The van der Waals surface area contributed by atoms with E-state index in [1.165, 1.54) is 0 Å². The number of fused-ring (bicyclic) bond motifs is 1. The first kappa shape index (κ1) is 14.7. The van der Waals surface area contributed by atoms with E-state index in [9.17, 15) is 10.1 Å². The summed E-state index contributed by atoms with van der Waals surface area (Å²) < 4.78 is 10.6. The predicted octanol–water partition coefficient (Wildman–Crippen LogP) is 2.55. The molecule has 1 N–H and O–H groups in total. The summed E-state index contributed by atoms with van der Waals surface area (Å²) in [5.41, 5.74) is 0.270. The van der Waals surface area contributed by atoms with Gasteiger partial charge in [-0.2, -0.15) is 5.26 Å². The number of hydrogen-bond donors (Lipinski definition) is 1. The van der Waals surface area contributed by atoms with Crippen molar-refractivity contribution in [1.82, 2.24) is 5.32 Å². The van der Waals surface area contributed by atoms with Crippen molar-refractivity contribution in [2.75, 3.05) is 13.3 Å². The van der Waals surface area contributed by atoms with E-state index in [4.69, 9.17) is 9.47 Å². The molecule has 22 heavy (non-hydrogen) atoms. The number of amides is 1. The Kier molecular flexibility index (Phi) is 4.19. The fourth-order valence-corrected chi connectivity index (χ4v) is 3.13. The minimum Gasteiger partial charge on any atom is -0.454 e. The molecule has 0 spiro atoms. The van der Waals surface area contributed by atoms with Gasteiger partial charge in [-0.05, 0) is 37.0 Å². The second-order valence-corrected chi connectivity index (χ2v) is 5.95. The molecule has 5 nitrogen and oxygen atoms in total. The largest absolute Gasteiger partial charge is 0.454 e. The highest BCUT2D eigenvalue weighted by Crippen LogP contribution is 2.36. The Bertz CT molecular complexity index is 600. The third kappa shape index (κ3) is 2.87. The maximum Gasteiger partial charge on any atom is 0.240 e. The van der Waals surface area contributed by atoms with Crippen LogP contribution in [0.2, 0.25) is 0 Å². The lowest BCUT2D eigenvalue weighted by atomic mass is 9.74. The van der Waals surface area contributed by atoms with E-state index < -0.39 is 5.41 Å². The number of carbonyl (C=O) groups is 1. The first-order chi connectivity index (χ1) is 10.7. The van der Waals surface area contributed by atoms with Gasteiger partial charge in [0.25, 0.3) is 0 Å². The zero-order valence-electron chi connectivity index (χ0n) is 12.6. The molecule has 0 saturated heterocycles. The van der Waals surface area contributed by atoms with E-state index in [2.05, 4.69) is 11.4 Å². The summed E-state index contributed by atoms with van der Waals surface area (Å²) in [6.45, 7) is 0.794. The zero-order valence-corrected chi connectivity index (χ0v) is 12.6. The van der Waals surface area contributed by atoms with Crippen molar-refractivity contribution in [3.8, 4) is 17.6 Å². The second-order valence-electron chi connectivity index (χ2n) is 5.95. The Morgan fingerprint density at radius 3 is 2.77 bits per heavy atom. The molecule has 1 aromatic rings. The molecule has 2 aliphatic rings. The molecule has 1 aliphatic heterocycles. The SMILES string of the molecule is N#CC1(C(=O)NCCc2ccc3c(c2)OCO3)CCCCC1. The topological polar surface area (TPSA) is 71.4 Å². The molecule has 116 valence electrons. The molecule has 3 rings (SSSR count). The van der Waals surface area contributed by atoms with Crippen LogP contribution >= 0.6 is 0 Å². The maximum atomic E-state index is 12.4. The van der Waals surface area contributed by atoms with Crippen molar-refractivity contribution >= 4 is 5.91 Å². The summed E-state index contributed by atoms with van der Waals surface area (Å²) >= 11 is 0. The quantitative estimate of drug-likeness (QED) is 0.927. The van der Waals surface area contributed by atoms with Gasteiger partial charge in [0.05, 0.1) is 6.07 Å². The highest BCUT2D eigenvalue weighted by atomic mass is 16.7. The molecule has 1 heterocycles. The van der Waals surface area contributed by atoms with Gasteiger partial charge in [0.1, 0.15) is 5.41 Å². The van der Waals surface area contributed by atoms with E-state index in [1.54, 1.807) is 0 Å². The fraction of sp³-hybridized carbons (Fsp3) is 0.529. The van der Waals surface area contributed by atoms with Gasteiger partial charge >= 0.3 is 0 Å². The number of hydrogen-bond acceptors (Lipinski definition) is 4. The number of ether oxygens (including phenoxy) is 2. The first-order valence-corrected chi connectivity index (χ1v) is 7.82. The summed E-state index contributed by atoms with van der Waals surface area (Å²) in [6.07, 6.45) is 5.11. The lowest BCUT2D eigenvalue weighted by Crippen LogP contribution is -2.42. The van der Waals surface area contributed by atoms with Crippen molar-refractivity contribution in [2.45, 2.75) is 38.5 Å². The molecule has 0 atom stereocenters. The van der Waals surface area contributed by atoms with Crippen LogP contribution in [-0.2, 0) is 11.2 Å². The van der Waals surface area contributed by atoms with Gasteiger partial charge in [-0.3, -0.25) is 4.79 Å². The molecule has 1 aromatic carbocycles. The molecule has 0 aromatic heterocycles. The van der Waals surface area contributed by atoms with Crippen molar-refractivity contribution in [3.63, 3.8) is 0 Å². The molecular formula is C17H20N2O3. The van der Waals surface area contributed by atoms with Crippen LogP contribution in [0.1, 0.15) is 37.7 Å². The van der Waals surface area contributed by atoms with E-state index in [0.717, 1.165) is 36.3 Å². The van der Waals surface area contributed by atoms with Gasteiger partial charge in [0.2, 0.25) is 12.7 Å². The number of nitrogens with one attached hydrogen (secondary N) is 1. The zero-order chi connectivity index (χ0) is 15.4. The van der Waals surface area contributed by atoms with Crippen LogP contribution in [0.5, 0.6) is 11.5 Å². The third-order valence-corrected chi connectivity index (χ3v) is 4.49. The molecule has 1 aliphatic carbocycles. The monoisotopic (exact) mass is 300 g/mol. The fourth-order valence-electron chi connectivity index (χ4n) is 3.13. The lowest BCUT2D eigenvalue weighted by molar-refractivity contribution is -0.129. The minimum absolute atomic E-state index is 0.115. The number of benzene rings is 1. The highest BCUT2D eigenvalue weighted by molar-refractivity contribution is 5.85. The summed E-state index contributed by atoms with van der Waals surface area (Å²) in [5, 5.41) is 12.3. The molecule has 0 unspecified atom stereocenters. The summed E-state index contributed by atoms with van der Waals surface area (Å²) in [5.74, 6) is 1.40. The van der Waals surface area contributed by atoms with Gasteiger partial charge in [-0.25, -0.2) is 0 Å². The smallest absolute Gasteiger partial charge is 0.240 e. The summed E-state index contributed by atoms with van der Waals surface area (Å²) in [6, 6.07) is 8.05. The number of carbonyl (C=O) groups excluding carboxylic acids is 1. The first-order valence-electron chi connectivity index (χ1n) is 7.82. The van der Waals surface area contributed by atoms with Crippen LogP contribution in [0.3, 0.4) is 0 Å². The summed E-state index contributed by atoms with van der Waals surface area (Å²) in [4.78, 5) is 12.4. The van der Waals surface area contributed by atoms with Gasteiger partial charge < -0.3 is 14.8 Å². The predicted molar refractivity (Wildman–Crippen MR) is 80.4 cm³/mol. The van der Waals surface area contributed by atoms with E-state index >= 15 is 0 Å². The van der Waals surface area contributed by atoms with Crippen LogP contribution in [-0.4, -0.2) is 19.2 Å². The minimum atomic E-state index is -0.812. The second kappa shape index (κ2) is 6.27. The Morgan fingerprint density at radius 1 is 1.23 bits per heavy atom. The Hall–Kier alpha value is -2.22. The lowest BCUT2D eigenvalue weighted by Gasteiger charge is -2.29. The van der Waals surface area contributed by atoms with Crippen LogP contribution in [0, 0.1) is 16.7 Å². The van der Waals surface area contributed by atoms with Crippen molar-refractivity contribution in [3.05, 3.63) is 23.8 Å². The molecule has 1 amide bonds. The van der Waals surface area contributed by atoms with E-state index in [1.807, 2.05) is 18.2 Å². The maximum absolute atomic E-state index is 12.4. The summed E-state index contributed by atoms with van der Waals surface area (Å²) in [7, 11) is 0. The van der Waals surface area contributed by atoms with Crippen molar-refractivity contribution < 1.29 is 14.3 Å². The Morgan fingerprint density at radius 2 is 2.00 bits per heavy atom. The van der Waals surface area contributed by atoms with Gasteiger partial charge in [0, 0.05) is 6.54 Å². The van der Waals surface area contributed by atoms with Gasteiger partial charge in [-0.15, -0.1) is 0 Å². The number of rotatable bonds is 4. The molecule has 1 fully saturated rings. The normalized spacial score (nSPS) is 18.5. The number of nitriles is 1. The highest BCUT2D eigenvalue weighted by Gasteiger charge is 2.39. The standard InChI is InChI=1S/C17H20N2O3/c18-11-17(7-2-1-3-8-17)16(20)19-9-6-13-4-5-14-15(10-13)22-12-21-14/h4-5,10H,1-3,6-9,12H2,(H,19,20). The Balaban J connectivity index is 1.54. The molecule has 5 heteroatoms. The van der Waals surface area contributed by atoms with Crippen LogP contribution in [0.15, 0.2) is 18.2 Å². The van der Waals surface area contributed by atoms with Gasteiger partial charge in [-0.1, -0.05) is 25.3 Å². The van der Waals surface area contributed by atoms with E-state index in [0.29, 0.717) is 25.8 Å². The molecular weight excluding hydrogens is 280 g/mol. The third-order valence-electron chi connectivity index (χ3n) is 4.49. The Labute approximate surface area is 130 Å². The van der Waals surface area contributed by atoms with Crippen LogP contribution in [0.4, 0.5) is 0 Å². The van der Waals surface area contributed by atoms with Crippen LogP contribution < -0.4 is 14.8 Å². The molecule has 0 bridgehead atoms. The average molecular weight is 300 g/mol. The number of nitrogens with zero attached hydrogens (tertiary/aromatic N) is 1.